The van der Waals surface area contributed by atoms with E-state index in [-0.39, 0.29) is 5.69 Å². The molecular weight excluding hydrogens is 300 g/mol. The first-order valence-electron chi connectivity index (χ1n) is 6.41. The van der Waals surface area contributed by atoms with Gasteiger partial charge >= 0.3 is 5.69 Å². The van der Waals surface area contributed by atoms with E-state index in [1.807, 2.05) is 35.0 Å². The first-order chi connectivity index (χ1) is 10.7. The summed E-state index contributed by atoms with van der Waals surface area (Å²) in [6.45, 7) is 0. The number of nitriles is 1. The average Bonchev–Trinajstić information content (AvgIpc) is 2.90. The van der Waals surface area contributed by atoms with Gasteiger partial charge in [0, 0.05) is 30.4 Å². The van der Waals surface area contributed by atoms with Crippen LogP contribution < -0.4 is 0 Å². The maximum absolute atomic E-state index is 11.0. The lowest BCUT2D eigenvalue weighted by Gasteiger charge is -2.00. The molecule has 0 saturated heterocycles. The van der Waals surface area contributed by atoms with Gasteiger partial charge in [0.05, 0.1) is 16.0 Å². The van der Waals surface area contributed by atoms with Crippen LogP contribution in [0.15, 0.2) is 53.9 Å². The zero-order valence-corrected chi connectivity index (χ0v) is 12.2. The summed E-state index contributed by atoms with van der Waals surface area (Å²) in [7, 11) is 0. The van der Waals surface area contributed by atoms with Crippen LogP contribution in [0.25, 0.3) is 5.52 Å². The Morgan fingerprint density at radius 2 is 2.23 bits per heavy atom. The molecule has 7 heteroatoms. The molecule has 3 aromatic heterocycles. The summed E-state index contributed by atoms with van der Waals surface area (Å²) in [5, 5.41) is 20.7. The summed E-state index contributed by atoms with van der Waals surface area (Å²) < 4.78 is 1.88. The van der Waals surface area contributed by atoms with Gasteiger partial charge in [-0.25, -0.2) is 4.98 Å². The molecule has 0 aromatic carbocycles. The molecule has 3 rings (SSSR count). The van der Waals surface area contributed by atoms with Crippen molar-refractivity contribution in [2.45, 2.75) is 10.8 Å². The predicted octanol–water partition coefficient (Wildman–Crippen LogP) is 3.41. The zero-order chi connectivity index (χ0) is 15.5. The average molecular weight is 310 g/mol. The van der Waals surface area contributed by atoms with Crippen LogP contribution in [-0.2, 0) is 5.75 Å². The highest BCUT2D eigenvalue weighted by atomic mass is 32.2. The molecule has 3 heterocycles. The molecule has 3 aromatic rings. The second kappa shape index (κ2) is 5.87. The van der Waals surface area contributed by atoms with Crippen molar-refractivity contribution in [3.05, 3.63) is 70.2 Å². The highest BCUT2D eigenvalue weighted by Gasteiger charge is 2.16. The van der Waals surface area contributed by atoms with Crippen LogP contribution in [0.3, 0.4) is 0 Å². The molecule has 0 radical (unpaired) electrons. The Hall–Kier alpha value is -2.85. The molecule has 0 aliphatic carbocycles. The number of thioether (sulfide) groups is 1. The van der Waals surface area contributed by atoms with Crippen molar-refractivity contribution >= 4 is 23.0 Å². The summed E-state index contributed by atoms with van der Waals surface area (Å²) in [5.41, 5.74) is 2.23. The van der Waals surface area contributed by atoms with Gasteiger partial charge in [-0.2, -0.15) is 5.26 Å². The lowest BCUT2D eigenvalue weighted by molar-refractivity contribution is -0.388. The van der Waals surface area contributed by atoms with Crippen LogP contribution in [0.1, 0.15) is 11.1 Å². The molecule has 0 aliphatic heterocycles. The standard InChI is InChI=1S/C15H10N4O2S/c16-8-12-11(9-18-7-2-1-4-13(12)18)10-22-15-14(19(20)21)5-3-6-17-15/h1-7,9H,10H2. The number of fused-ring (bicyclic) bond motifs is 1. The minimum Gasteiger partial charge on any atom is -0.322 e. The fourth-order valence-electron chi connectivity index (χ4n) is 2.19. The van der Waals surface area contributed by atoms with E-state index in [0.717, 1.165) is 11.1 Å². The summed E-state index contributed by atoms with van der Waals surface area (Å²) in [6.07, 6.45) is 5.26. The van der Waals surface area contributed by atoms with E-state index in [2.05, 4.69) is 11.1 Å². The maximum atomic E-state index is 11.0. The first kappa shape index (κ1) is 14.1. The highest BCUT2D eigenvalue weighted by Crippen LogP contribution is 2.31. The first-order valence-corrected chi connectivity index (χ1v) is 7.40. The molecule has 22 heavy (non-hydrogen) atoms. The monoisotopic (exact) mass is 310 g/mol. The fraction of sp³-hybridized carbons (Fsp3) is 0.0667. The Labute approximate surface area is 130 Å². The van der Waals surface area contributed by atoms with Crippen molar-refractivity contribution in [3.8, 4) is 6.07 Å². The molecule has 0 bridgehead atoms. The van der Waals surface area contributed by atoms with Crippen LogP contribution in [0.4, 0.5) is 5.69 Å². The summed E-state index contributed by atoms with van der Waals surface area (Å²) in [4.78, 5) is 14.6. The van der Waals surface area contributed by atoms with Gasteiger partial charge in [0.2, 0.25) is 0 Å². The van der Waals surface area contributed by atoms with Crippen LogP contribution in [-0.4, -0.2) is 14.3 Å². The largest absolute Gasteiger partial charge is 0.322 e. The molecule has 0 amide bonds. The molecule has 108 valence electrons. The van der Waals surface area contributed by atoms with Crippen molar-refractivity contribution in [3.63, 3.8) is 0 Å². The highest BCUT2D eigenvalue weighted by molar-refractivity contribution is 7.98. The minimum absolute atomic E-state index is 0.0187. The number of hydrogen-bond acceptors (Lipinski definition) is 5. The number of nitrogens with zero attached hydrogens (tertiary/aromatic N) is 4. The van der Waals surface area contributed by atoms with Crippen LogP contribution in [0.2, 0.25) is 0 Å². The van der Waals surface area contributed by atoms with E-state index in [0.29, 0.717) is 16.3 Å². The lowest BCUT2D eigenvalue weighted by atomic mass is 10.2. The van der Waals surface area contributed by atoms with Crippen molar-refractivity contribution in [2.75, 3.05) is 0 Å². The van der Waals surface area contributed by atoms with E-state index in [1.165, 1.54) is 30.1 Å². The Bertz CT molecular complexity index is 898. The van der Waals surface area contributed by atoms with Gasteiger partial charge in [-0.3, -0.25) is 10.1 Å². The molecule has 0 aliphatic rings. The topological polar surface area (TPSA) is 84.2 Å². The maximum Gasteiger partial charge on any atom is 0.301 e. The van der Waals surface area contributed by atoms with Crippen LogP contribution >= 0.6 is 11.8 Å². The van der Waals surface area contributed by atoms with Gasteiger partial charge in [0.15, 0.2) is 5.03 Å². The molecule has 0 atom stereocenters. The second-order valence-electron chi connectivity index (χ2n) is 4.51. The van der Waals surface area contributed by atoms with Crippen molar-refractivity contribution < 1.29 is 4.92 Å². The van der Waals surface area contributed by atoms with E-state index >= 15 is 0 Å². The minimum atomic E-state index is -0.448. The number of aromatic nitrogens is 2. The lowest BCUT2D eigenvalue weighted by Crippen LogP contribution is -1.93. The normalized spacial score (nSPS) is 10.5. The fourth-order valence-corrected chi connectivity index (χ4v) is 3.13. The third kappa shape index (κ3) is 2.52. The molecule has 6 nitrogen and oxygen atoms in total. The number of nitro groups is 1. The molecule has 0 saturated carbocycles. The van der Waals surface area contributed by atoms with E-state index in [4.69, 9.17) is 0 Å². The smallest absolute Gasteiger partial charge is 0.301 e. The summed E-state index contributed by atoms with van der Waals surface area (Å²) in [5.74, 6) is 0.447. The Balaban J connectivity index is 1.92. The number of rotatable bonds is 4. The van der Waals surface area contributed by atoms with Crippen molar-refractivity contribution in [1.82, 2.24) is 9.38 Å². The summed E-state index contributed by atoms with van der Waals surface area (Å²) >= 11 is 1.26. The molecule has 0 N–H and O–H groups in total. The van der Waals surface area contributed by atoms with Gasteiger partial charge < -0.3 is 4.40 Å². The molecule has 0 fully saturated rings. The van der Waals surface area contributed by atoms with E-state index < -0.39 is 4.92 Å². The Morgan fingerprint density at radius 1 is 1.36 bits per heavy atom. The van der Waals surface area contributed by atoms with Crippen molar-refractivity contribution in [1.29, 1.82) is 5.26 Å². The van der Waals surface area contributed by atoms with Gasteiger partial charge in [-0.1, -0.05) is 17.8 Å². The van der Waals surface area contributed by atoms with Gasteiger partial charge in [-0.15, -0.1) is 0 Å². The van der Waals surface area contributed by atoms with E-state index in [1.54, 1.807) is 0 Å². The third-order valence-electron chi connectivity index (χ3n) is 3.19. The van der Waals surface area contributed by atoms with Crippen molar-refractivity contribution in [2.24, 2.45) is 0 Å². The Morgan fingerprint density at radius 3 is 3.00 bits per heavy atom. The Kier molecular flexibility index (Phi) is 3.76. The quantitative estimate of drug-likeness (QED) is 0.419. The molecule has 0 spiro atoms. The second-order valence-corrected chi connectivity index (χ2v) is 5.47. The molecule has 0 unspecified atom stereocenters. The SMILES string of the molecule is N#Cc1c(CSc2ncccc2[N+](=O)[O-])cn2ccccc12. The van der Waals surface area contributed by atoms with Crippen LogP contribution in [0.5, 0.6) is 0 Å². The van der Waals surface area contributed by atoms with Gasteiger partial charge in [0.1, 0.15) is 6.07 Å². The number of pyridine rings is 2. The third-order valence-corrected chi connectivity index (χ3v) is 4.23. The van der Waals surface area contributed by atoms with Crippen LogP contribution in [0, 0.1) is 21.4 Å². The predicted molar refractivity (Wildman–Crippen MR) is 82.6 cm³/mol. The van der Waals surface area contributed by atoms with Gasteiger partial charge in [-0.05, 0) is 23.8 Å². The van der Waals surface area contributed by atoms with E-state index in [9.17, 15) is 15.4 Å². The number of hydrogen-bond donors (Lipinski definition) is 0. The summed E-state index contributed by atoms with van der Waals surface area (Å²) in [6, 6.07) is 10.8. The zero-order valence-electron chi connectivity index (χ0n) is 11.3. The van der Waals surface area contributed by atoms with Gasteiger partial charge in [0.25, 0.3) is 0 Å². The molecular formula is C15H10N4O2S.